The van der Waals surface area contributed by atoms with Crippen molar-refractivity contribution in [2.75, 3.05) is 26.2 Å². The fraction of sp³-hybridized carbons (Fsp3) is 0.136. The van der Waals surface area contributed by atoms with Gasteiger partial charge in [-0.15, -0.1) is 5.10 Å². The summed E-state index contributed by atoms with van der Waals surface area (Å²) in [7, 11) is 5.46. The summed E-state index contributed by atoms with van der Waals surface area (Å²) < 4.78 is 7.23. The molecule has 5 nitrogen and oxygen atoms in total. The van der Waals surface area contributed by atoms with E-state index < -0.39 is 0 Å². The third-order valence-electron chi connectivity index (χ3n) is 4.09. The third kappa shape index (κ3) is 4.58. The molecule has 27 heavy (non-hydrogen) atoms. The van der Waals surface area contributed by atoms with Crippen LogP contribution in [0.25, 0.3) is 0 Å². The van der Waals surface area contributed by atoms with Gasteiger partial charge in [0.15, 0.2) is 12.8 Å². The van der Waals surface area contributed by atoms with Crippen LogP contribution in [0.4, 0.5) is 11.4 Å². The van der Waals surface area contributed by atoms with Gasteiger partial charge in [0.1, 0.15) is 0 Å². The zero-order chi connectivity index (χ0) is 19.1. The summed E-state index contributed by atoms with van der Waals surface area (Å²) in [5.41, 5.74) is 2.79. The Bertz CT molecular complexity index is 937. The standard InChI is InChI=1S/C22H23N4O/c1-25(19-14-8-5-9-15-19)23-22(18-12-6-4-7-13-18)24-26(2)20-16-10-11-17-21(20)27-3/h4-17H,1-3H3/q+1. The Labute approximate surface area is 159 Å². The lowest BCUT2D eigenvalue weighted by Gasteiger charge is -2.13. The van der Waals surface area contributed by atoms with E-state index in [-0.39, 0.29) is 0 Å². The monoisotopic (exact) mass is 359 g/mol. The number of benzene rings is 3. The van der Waals surface area contributed by atoms with Crippen molar-refractivity contribution in [1.82, 2.24) is 0 Å². The second-order valence-electron chi connectivity index (χ2n) is 5.94. The summed E-state index contributed by atoms with van der Waals surface area (Å²) in [6, 6.07) is 27.7. The van der Waals surface area contributed by atoms with Gasteiger partial charge in [-0.1, -0.05) is 65.4 Å². The highest BCUT2D eigenvalue weighted by molar-refractivity contribution is 5.99. The molecule has 0 spiro atoms. The van der Waals surface area contributed by atoms with Gasteiger partial charge in [0, 0.05) is 23.8 Å². The summed E-state index contributed by atoms with van der Waals surface area (Å²) in [6.07, 6.45) is 0. The maximum Gasteiger partial charge on any atom is 0.273 e. The van der Waals surface area contributed by atoms with Crippen molar-refractivity contribution in [3.63, 3.8) is 0 Å². The Hall–Kier alpha value is -3.47. The van der Waals surface area contributed by atoms with E-state index >= 15 is 0 Å². The maximum atomic E-state index is 5.45. The topological polar surface area (TPSA) is 40.2 Å². The van der Waals surface area contributed by atoms with E-state index in [9.17, 15) is 0 Å². The highest BCUT2D eigenvalue weighted by Crippen LogP contribution is 2.26. The number of methoxy groups -OCH3 is 1. The van der Waals surface area contributed by atoms with Gasteiger partial charge in [-0.25, -0.2) is 0 Å². The summed E-state index contributed by atoms with van der Waals surface area (Å²) in [5.74, 6) is 1.36. The number of nitrogens with zero attached hydrogens (tertiary/aromatic N) is 4. The normalized spacial score (nSPS) is 12.0. The van der Waals surface area contributed by atoms with E-state index in [0.717, 1.165) is 22.7 Å². The van der Waals surface area contributed by atoms with E-state index in [4.69, 9.17) is 15.0 Å². The Morgan fingerprint density at radius 3 is 2.11 bits per heavy atom. The molecular weight excluding hydrogens is 336 g/mol. The quantitative estimate of drug-likeness (QED) is 0.213. The largest absolute Gasteiger partial charge is 0.490 e. The zero-order valence-electron chi connectivity index (χ0n) is 15.8. The van der Waals surface area contributed by atoms with E-state index in [0.29, 0.717) is 5.84 Å². The fourth-order valence-corrected chi connectivity index (χ4v) is 2.66. The van der Waals surface area contributed by atoms with E-state index in [1.807, 2.05) is 104 Å². The van der Waals surface area contributed by atoms with Gasteiger partial charge in [-0.05, 0) is 18.2 Å². The van der Waals surface area contributed by atoms with Crippen molar-refractivity contribution in [3.8, 4) is 5.75 Å². The van der Waals surface area contributed by atoms with Gasteiger partial charge in [0.05, 0.1) is 12.8 Å². The average Bonchev–Trinajstić information content (AvgIpc) is 2.74. The lowest BCUT2D eigenvalue weighted by Crippen LogP contribution is -2.14. The first-order valence-corrected chi connectivity index (χ1v) is 8.70. The molecule has 0 unspecified atom stereocenters. The summed E-state index contributed by atoms with van der Waals surface area (Å²) in [4.78, 5) is 0. The van der Waals surface area contributed by atoms with Crippen LogP contribution in [0.5, 0.6) is 5.75 Å². The number of hydrogen-bond donors (Lipinski definition) is 0. The molecule has 5 heteroatoms. The molecule has 0 saturated heterocycles. The number of azo groups is 2. The zero-order valence-corrected chi connectivity index (χ0v) is 15.8. The van der Waals surface area contributed by atoms with Crippen molar-refractivity contribution in [2.24, 2.45) is 10.2 Å². The first kappa shape index (κ1) is 18.3. The molecular formula is C22H23N4O+. The van der Waals surface area contributed by atoms with Crippen molar-refractivity contribution >= 4 is 17.2 Å². The highest BCUT2D eigenvalue weighted by atomic mass is 16.5. The average molecular weight is 359 g/mol. The summed E-state index contributed by atoms with van der Waals surface area (Å²) in [6.45, 7) is 0. The molecule has 0 aliphatic rings. The van der Waals surface area contributed by atoms with Gasteiger partial charge in [0.25, 0.3) is 5.69 Å². The highest BCUT2D eigenvalue weighted by Gasteiger charge is 2.16. The molecule has 3 rings (SSSR count). The number of para-hydroxylation sites is 3. The third-order valence-corrected chi connectivity index (χ3v) is 4.09. The van der Waals surface area contributed by atoms with E-state index in [1.165, 1.54) is 0 Å². The minimum atomic E-state index is 0.607. The van der Waals surface area contributed by atoms with Gasteiger partial charge in [-0.3, -0.25) is 5.01 Å². The molecule has 0 radical (unpaired) electrons. The number of amidine groups is 1. The van der Waals surface area contributed by atoms with Crippen molar-refractivity contribution in [2.45, 2.75) is 0 Å². The molecule has 0 fully saturated rings. The molecule has 3 aromatic rings. The van der Waals surface area contributed by atoms with Crippen molar-refractivity contribution in [1.29, 1.82) is 0 Å². The Kier molecular flexibility index (Phi) is 5.94. The molecule has 0 amide bonds. The number of rotatable bonds is 5. The minimum Gasteiger partial charge on any atom is -0.490 e. The second-order valence-corrected chi connectivity index (χ2v) is 5.94. The molecule has 0 heterocycles. The van der Waals surface area contributed by atoms with E-state index in [2.05, 4.69) is 0 Å². The summed E-state index contributed by atoms with van der Waals surface area (Å²) in [5, 5.41) is 11.3. The second kappa shape index (κ2) is 8.76. The first-order chi connectivity index (χ1) is 13.2. The summed E-state index contributed by atoms with van der Waals surface area (Å²) >= 11 is 0. The fourth-order valence-electron chi connectivity index (χ4n) is 2.66. The van der Waals surface area contributed by atoms with E-state index in [1.54, 1.807) is 11.8 Å². The van der Waals surface area contributed by atoms with Crippen LogP contribution >= 0.6 is 0 Å². The van der Waals surface area contributed by atoms with Crippen LogP contribution in [-0.2, 0) is 0 Å². The van der Waals surface area contributed by atoms with Gasteiger partial charge in [0.2, 0.25) is 5.84 Å². The predicted molar refractivity (Wildman–Crippen MR) is 109 cm³/mol. The van der Waals surface area contributed by atoms with Crippen molar-refractivity contribution < 1.29 is 9.43 Å². The SMILES string of the molecule is COc1ccccc1[N+](C)=N/C(=N\N(C)c1ccccc1)c1ccccc1. The predicted octanol–water partition coefficient (Wildman–Crippen LogP) is 4.92. The molecule has 0 N–H and O–H groups in total. The van der Waals surface area contributed by atoms with Crippen LogP contribution in [0, 0.1) is 0 Å². The van der Waals surface area contributed by atoms with Crippen LogP contribution in [0.2, 0.25) is 0 Å². The number of hydrazone groups is 1. The molecule has 0 atom stereocenters. The van der Waals surface area contributed by atoms with Gasteiger partial charge < -0.3 is 4.74 Å². The van der Waals surface area contributed by atoms with Crippen LogP contribution in [-0.4, -0.2) is 31.7 Å². The minimum absolute atomic E-state index is 0.607. The van der Waals surface area contributed by atoms with Crippen LogP contribution in [0.3, 0.4) is 0 Å². The number of anilines is 1. The van der Waals surface area contributed by atoms with Crippen LogP contribution < -0.4 is 9.75 Å². The maximum absolute atomic E-state index is 5.45. The smallest absolute Gasteiger partial charge is 0.273 e. The van der Waals surface area contributed by atoms with Gasteiger partial charge >= 0.3 is 0 Å². The first-order valence-electron chi connectivity index (χ1n) is 8.70. The van der Waals surface area contributed by atoms with Crippen LogP contribution in [0.1, 0.15) is 5.56 Å². The molecule has 0 bridgehead atoms. The Morgan fingerprint density at radius 2 is 1.44 bits per heavy atom. The Morgan fingerprint density at radius 1 is 0.852 bits per heavy atom. The molecule has 0 aliphatic carbocycles. The molecule has 136 valence electrons. The molecule has 0 aliphatic heterocycles. The molecule has 0 saturated carbocycles. The van der Waals surface area contributed by atoms with Crippen LogP contribution in [0.15, 0.2) is 95.1 Å². The Balaban J connectivity index is 2.04. The van der Waals surface area contributed by atoms with Crippen molar-refractivity contribution in [3.05, 3.63) is 90.5 Å². The van der Waals surface area contributed by atoms with Gasteiger partial charge in [-0.2, -0.15) is 0 Å². The lowest BCUT2D eigenvalue weighted by atomic mass is 10.2. The molecule has 3 aromatic carbocycles. The lowest BCUT2D eigenvalue weighted by molar-refractivity contribution is -0.474. The molecule has 0 aromatic heterocycles. The number of ether oxygens (including phenoxy) is 1. The number of hydrogen-bond acceptors (Lipinski definition) is 3.